The minimum Gasteiger partial charge on any atom is -0.315 e. The van der Waals surface area contributed by atoms with Crippen molar-refractivity contribution in [3.63, 3.8) is 0 Å². The Bertz CT molecular complexity index is 271. The van der Waals surface area contributed by atoms with Gasteiger partial charge in [-0.2, -0.15) is 0 Å². The zero-order valence-corrected chi connectivity index (χ0v) is 14.2. The SMILES string of the molecule is CCC1CCC(N(C)C2CC(CC)CCC2NC)CC1. The van der Waals surface area contributed by atoms with E-state index in [-0.39, 0.29) is 0 Å². The average Bonchev–Trinajstić information content (AvgIpc) is 2.53. The molecule has 2 aliphatic rings. The van der Waals surface area contributed by atoms with Crippen LogP contribution in [0.5, 0.6) is 0 Å². The first-order chi connectivity index (χ1) is 9.69. The molecule has 2 aliphatic carbocycles. The van der Waals surface area contributed by atoms with E-state index in [2.05, 4.69) is 38.2 Å². The summed E-state index contributed by atoms with van der Waals surface area (Å²) in [5.41, 5.74) is 0. The van der Waals surface area contributed by atoms with Crippen LogP contribution in [0.15, 0.2) is 0 Å². The molecule has 0 aliphatic heterocycles. The summed E-state index contributed by atoms with van der Waals surface area (Å²) in [6.07, 6.45) is 12.7. The smallest absolute Gasteiger partial charge is 0.0251 e. The summed E-state index contributed by atoms with van der Waals surface area (Å²) in [7, 11) is 4.57. The lowest BCUT2D eigenvalue weighted by molar-refractivity contribution is 0.0607. The first-order valence-corrected chi connectivity index (χ1v) is 9.08. The fraction of sp³-hybridized carbons (Fsp3) is 1.00. The molecule has 0 aromatic rings. The zero-order valence-electron chi connectivity index (χ0n) is 14.2. The molecular weight excluding hydrogens is 244 g/mol. The summed E-state index contributed by atoms with van der Waals surface area (Å²) in [5.74, 6) is 1.97. The molecule has 3 unspecified atom stereocenters. The molecule has 3 atom stereocenters. The van der Waals surface area contributed by atoms with Crippen molar-refractivity contribution in [2.45, 2.75) is 89.8 Å². The van der Waals surface area contributed by atoms with Gasteiger partial charge in [-0.05, 0) is 70.9 Å². The Balaban J connectivity index is 1.93. The highest BCUT2D eigenvalue weighted by atomic mass is 15.2. The number of nitrogens with zero attached hydrogens (tertiary/aromatic N) is 1. The fourth-order valence-corrected chi connectivity index (χ4v) is 4.62. The second kappa shape index (κ2) is 7.79. The normalized spacial score (nSPS) is 39.1. The topological polar surface area (TPSA) is 15.3 Å². The van der Waals surface area contributed by atoms with E-state index in [1.165, 1.54) is 57.8 Å². The van der Waals surface area contributed by atoms with Gasteiger partial charge in [0.15, 0.2) is 0 Å². The van der Waals surface area contributed by atoms with Gasteiger partial charge in [-0.3, -0.25) is 4.90 Å². The maximum atomic E-state index is 3.60. The highest BCUT2D eigenvalue weighted by Crippen LogP contribution is 2.34. The van der Waals surface area contributed by atoms with Crippen molar-refractivity contribution in [1.82, 2.24) is 10.2 Å². The van der Waals surface area contributed by atoms with Gasteiger partial charge in [0.1, 0.15) is 0 Å². The number of likely N-dealkylation sites (N-methyl/N-ethyl adjacent to an activating group) is 2. The predicted octanol–water partition coefficient (Wildman–Crippen LogP) is 4.05. The van der Waals surface area contributed by atoms with Crippen LogP contribution in [0.2, 0.25) is 0 Å². The predicted molar refractivity (Wildman–Crippen MR) is 88.1 cm³/mol. The van der Waals surface area contributed by atoms with Gasteiger partial charge >= 0.3 is 0 Å². The molecule has 0 radical (unpaired) electrons. The number of rotatable bonds is 5. The minimum absolute atomic E-state index is 0.715. The van der Waals surface area contributed by atoms with Gasteiger partial charge in [0.25, 0.3) is 0 Å². The van der Waals surface area contributed by atoms with E-state index in [1.54, 1.807) is 0 Å². The molecule has 0 aromatic heterocycles. The molecule has 20 heavy (non-hydrogen) atoms. The van der Waals surface area contributed by atoms with Gasteiger partial charge < -0.3 is 5.32 Å². The summed E-state index contributed by atoms with van der Waals surface area (Å²) < 4.78 is 0. The van der Waals surface area contributed by atoms with Gasteiger partial charge in [-0.15, -0.1) is 0 Å². The molecule has 0 heterocycles. The molecule has 0 spiro atoms. The third kappa shape index (κ3) is 3.76. The van der Waals surface area contributed by atoms with E-state index >= 15 is 0 Å². The van der Waals surface area contributed by atoms with Crippen molar-refractivity contribution in [3.8, 4) is 0 Å². The summed E-state index contributed by atoms with van der Waals surface area (Å²) >= 11 is 0. The molecule has 118 valence electrons. The van der Waals surface area contributed by atoms with Crippen LogP contribution in [0.3, 0.4) is 0 Å². The lowest BCUT2D eigenvalue weighted by Crippen LogP contribution is -2.54. The van der Waals surface area contributed by atoms with Crippen LogP contribution in [0.4, 0.5) is 0 Å². The molecular formula is C18H36N2. The maximum Gasteiger partial charge on any atom is 0.0251 e. The molecule has 0 bridgehead atoms. The first kappa shape index (κ1) is 16.3. The number of hydrogen-bond acceptors (Lipinski definition) is 2. The molecule has 2 saturated carbocycles. The first-order valence-electron chi connectivity index (χ1n) is 9.08. The highest BCUT2D eigenvalue weighted by molar-refractivity contribution is 4.92. The largest absolute Gasteiger partial charge is 0.315 e. The summed E-state index contributed by atoms with van der Waals surface area (Å²) in [6.45, 7) is 4.73. The minimum atomic E-state index is 0.715. The van der Waals surface area contributed by atoms with Crippen LogP contribution >= 0.6 is 0 Å². The van der Waals surface area contributed by atoms with Crippen molar-refractivity contribution < 1.29 is 0 Å². The summed E-state index contributed by atoms with van der Waals surface area (Å²) in [4.78, 5) is 2.76. The Kier molecular flexibility index (Phi) is 6.35. The molecule has 0 amide bonds. The van der Waals surface area contributed by atoms with E-state index in [0.29, 0.717) is 6.04 Å². The van der Waals surface area contributed by atoms with Crippen molar-refractivity contribution >= 4 is 0 Å². The second-order valence-corrected chi connectivity index (χ2v) is 7.30. The van der Waals surface area contributed by atoms with Crippen LogP contribution in [-0.4, -0.2) is 37.1 Å². The molecule has 0 saturated heterocycles. The molecule has 2 rings (SSSR count). The van der Waals surface area contributed by atoms with E-state index in [4.69, 9.17) is 0 Å². The Hall–Kier alpha value is -0.0800. The van der Waals surface area contributed by atoms with Gasteiger partial charge in [0, 0.05) is 18.1 Å². The van der Waals surface area contributed by atoms with E-state index in [9.17, 15) is 0 Å². The summed E-state index contributed by atoms with van der Waals surface area (Å²) in [5, 5.41) is 3.60. The third-order valence-electron chi connectivity index (χ3n) is 6.37. The van der Waals surface area contributed by atoms with Crippen LogP contribution < -0.4 is 5.32 Å². The molecule has 1 N–H and O–H groups in total. The van der Waals surface area contributed by atoms with Gasteiger partial charge in [-0.1, -0.05) is 26.7 Å². The lowest BCUT2D eigenvalue weighted by Gasteiger charge is -2.46. The van der Waals surface area contributed by atoms with Crippen molar-refractivity contribution in [2.75, 3.05) is 14.1 Å². The zero-order chi connectivity index (χ0) is 14.5. The number of nitrogens with one attached hydrogen (secondary N) is 1. The van der Waals surface area contributed by atoms with Gasteiger partial charge in [0.2, 0.25) is 0 Å². The van der Waals surface area contributed by atoms with Crippen LogP contribution in [-0.2, 0) is 0 Å². The lowest BCUT2D eigenvalue weighted by atomic mass is 9.78. The van der Waals surface area contributed by atoms with Crippen molar-refractivity contribution in [2.24, 2.45) is 11.8 Å². The van der Waals surface area contributed by atoms with Crippen molar-refractivity contribution in [1.29, 1.82) is 0 Å². The van der Waals surface area contributed by atoms with E-state index < -0.39 is 0 Å². The van der Waals surface area contributed by atoms with Crippen LogP contribution in [0.25, 0.3) is 0 Å². The van der Waals surface area contributed by atoms with Gasteiger partial charge in [0.05, 0.1) is 0 Å². The van der Waals surface area contributed by atoms with Crippen LogP contribution in [0, 0.1) is 11.8 Å². The highest BCUT2D eigenvalue weighted by Gasteiger charge is 2.35. The third-order valence-corrected chi connectivity index (χ3v) is 6.37. The number of hydrogen-bond donors (Lipinski definition) is 1. The monoisotopic (exact) mass is 280 g/mol. The van der Waals surface area contributed by atoms with E-state index in [0.717, 1.165) is 23.9 Å². The molecule has 2 heteroatoms. The van der Waals surface area contributed by atoms with Crippen molar-refractivity contribution in [3.05, 3.63) is 0 Å². The molecule has 0 aromatic carbocycles. The molecule has 2 nitrogen and oxygen atoms in total. The Morgan fingerprint density at radius 2 is 1.50 bits per heavy atom. The standard InChI is InChI=1S/C18H36N2/c1-5-14-7-10-16(11-8-14)20(4)18-13-15(6-2)9-12-17(18)19-3/h14-19H,5-13H2,1-4H3. The average molecular weight is 281 g/mol. The van der Waals surface area contributed by atoms with Gasteiger partial charge in [-0.25, -0.2) is 0 Å². The van der Waals surface area contributed by atoms with E-state index in [1.807, 2.05) is 0 Å². The quantitative estimate of drug-likeness (QED) is 0.817. The Labute approximate surface area is 126 Å². The second-order valence-electron chi connectivity index (χ2n) is 7.30. The maximum absolute atomic E-state index is 3.60. The fourth-order valence-electron chi connectivity index (χ4n) is 4.62. The molecule has 2 fully saturated rings. The van der Waals surface area contributed by atoms with Crippen LogP contribution in [0.1, 0.15) is 71.6 Å². The Morgan fingerprint density at radius 1 is 0.900 bits per heavy atom. The Morgan fingerprint density at radius 3 is 2.05 bits per heavy atom. The summed E-state index contributed by atoms with van der Waals surface area (Å²) in [6, 6.07) is 2.32.